The summed E-state index contributed by atoms with van der Waals surface area (Å²) in [6.45, 7) is 5.35. The second-order valence-electron chi connectivity index (χ2n) is 10.6. The van der Waals surface area contributed by atoms with Gasteiger partial charge in [0.25, 0.3) is 0 Å². The number of carbonyl (C=O) groups excluding carboxylic acids is 1. The standard InChI is InChI=1S/C33H35FN4O6S/c1-21-3-5-22(6-4-21)15-32(40)37-33(45)36-23-7-8-29(26(34)16-23)44-28-9-10-35-27-18-31(30(41-2)17-25(27)28)43-20-24(39)19-38-11-13-42-14-12-38/h3-10,16-18,24,39H,11-15,19-20H2,1-2H3,(H2,36,37,40,45). The van der Waals surface area contributed by atoms with Crippen LogP contribution in [0.15, 0.2) is 66.9 Å². The Bertz CT molecular complexity index is 1650. The normalized spacial score (nSPS) is 14.0. The molecule has 3 N–H and O–H groups in total. The fourth-order valence-corrected chi connectivity index (χ4v) is 5.05. The third-order valence-electron chi connectivity index (χ3n) is 7.14. The summed E-state index contributed by atoms with van der Waals surface area (Å²) in [5.41, 5.74) is 2.85. The third kappa shape index (κ3) is 8.85. The van der Waals surface area contributed by atoms with Crippen molar-refractivity contribution in [2.24, 2.45) is 0 Å². The van der Waals surface area contributed by atoms with Crippen molar-refractivity contribution >= 4 is 39.8 Å². The zero-order valence-corrected chi connectivity index (χ0v) is 25.9. The number of aromatic nitrogens is 1. The number of ether oxygens (including phenoxy) is 4. The monoisotopic (exact) mass is 634 g/mol. The minimum absolute atomic E-state index is 0.0205. The molecule has 1 aromatic heterocycles. The molecule has 0 radical (unpaired) electrons. The fourth-order valence-electron chi connectivity index (χ4n) is 4.81. The predicted octanol–water partition coefficient (Wildman–Crippen LogP) is 4.61. The Balaban J connectivity index is 1.21. The van der Waals surface area contributed by atoms with Gasteiger partial charge in [-0.15, -0.1) is 0 Å². The number of rotatable bonds is 11. The molecule has 3 aromatic carbocycles. The van der Waals surface area contributed by atoms with Crippen molar-refractivity contribution in [3.63, 3.8) is 0 Å². The topological polar surface area (TPSA) is 114 Å². The van der Waals surface area contributed by atoms with Crippen LogP contribution in [0.25, 0.3) is 10.9 Å². The lowest BCUT2D eigenvalue weighted by molar-refractivity contribution is -0.119. The summed E-state index contributed by atoms with van der Waals surface area (Å²) in [5, 5.41) is 16.6. The Morgan fingerprint density at radius 3 is 2.58 bits per heavy atom. The fraction of sp³-hybridized carbons (Fsp3) is 0.303. The highest BCUT2D eigenvalue weighted by Crippen LogP contribution is 2.38. The maximum Gasteiger partial charge on any atom is 0.230 e. The van der Waals surface area contributed by atoms with E-state index in [4.69, 9.17) is 31.2 Å². The van der Waals surface area contributed by atoms with Crippen LogP contribution < -0.4 is 24.8 Å². The van der Waals surface area contributed by atoms with E-state index < -0.39 is 11.9 Å². The number of benzene rings is 3. The number of hydrogen-bond donors (Lipinski definition) is 3. The molecule has 5 rings (SSSR count). The Morgan fingerprint density at radius 2 is 1.84 bits per heavy atom. The van der Waals surface area contributed by atoms with Gasteiger partial charge in [-0.3, -0.25) is 14.7 Å². The van der Waals surface area contributed by atoms with Crippen LogP contribution >= 0.6 is 12.2 Å². The van der Waals surface area contributed by atoms with Crippen LogP contribution in [0.5, 0.6) is 23.0 Å². The molecular formula is C33H35FN4O6S. The number of aliphatic hydroxyl groups excluding tert-OH is 1. The number of β-amino-alcohol motifs (C(OH)–C–C–N with tert-alkyl or cyclic N) is 1. The van der Waals surface area contributed by atoms with Gasteiger partial charge in [-0.2, -0.15) is 0 Å². The van der Waals surface area contributed by atoms with Crippen LogP contribution in [-0.4, -0.2) is 78.7 Å². The number of aryl methyl sites for hydroxylation is 1. The summed E-state index contributed by atoms with van der Waals surface area (Å²) in [5.74, 6) is 0.245. The summed E-state index contributed by atoms with van der Waals surface area (Å²) in [7, 11) is 1.51. The molecule has 0 spiro atoms. The molecule has 0 aliphatic carbocycles. The summed E-state index contributed by atoms with van der Waals surface area (Å²) in [4.78, 5) is 18.9. The van der Waals surface area contributed by atoms with Gasteiger partial charge in [-0.25, -0.2) is 4.39 Å². The molecule has 12 heteroatoms. The zero-order valence-electron chi connectivity index (χ0n) is 25.0. The van der Waals surface area contributed by atoms with Gasteiger partial charge in [0.15, 0.2) is 28.2 Å². The zero-order chi connectivity index (χ0) is 31.8. The van der Waals surface area contributed by atoms with E-state index in [0.717, 1.165) is 24.2 Å². The summed E-state index contributed by atoms with van der Waals surface area (Å²) in [6, 6.07) is 16.9. The molecule has 1 fully saturated rings. The lowest BCUT2D eigenvalue weighted by Crippen LogP contribution is -2.42. The van der Waals surface area contributed by atoms with Crippen molar-refractivity contribution in [2.75, 3.05) is 51.9 Å². The van der Waals surface area contributed by atoms with Crippen molar-refractivity contribution in [1.82, 2.24) is 15.2 Å². The van der Waals surface area contributed by atoms with E-state index in [1.165, 1.54) is 19.2 Å². The summed E-state index contributed by atoms with van der Waals surface area (Å²) >= 11 is 5.24. The van der Waals surface area contributed by atoms with Gasteiger partial charge in [0, 0.05) is 49.0 Å². The minimum atomic E-state index is -0.698. The van der Waals surface area contributed by atoms with Gasteiger partial charge in [-0.05, 0) is 49.0 Å². The lowest BCUT2D eigenvalue weighted by Gasteiger charge is -2.28. The van der Waals surface area contributed by atoms with Gasteiger partial charge >= 0.3 is 0 Å². The van der Waals surface area contributed by atoms with Crippen molar-refractivity contribution < 1.29 is 33.2 Å². The number of carbonyl (C=O) groups is 1. The van der Waals surface area contributed by atoms with Crippen LogP contribution in [-0.2, 0) is 16.0 Å². The number of nitrogens with one attached hydrogen (secondary N) is 2. The second kappa shape index (κ2) is 15.1. The molecule has 0 saturated carbocycles. The van der Waals surface area contributed by atoms with E-state index >= 15 is 4.39 Å². The highest BCUT2D eigenvalue weighted by Gasteiger charge is 2.18. The first kappa shape index (κ1) is 32.0. The number of morpholine rings is 1. The van der Waals surface area contributed by atoms with Gasteiger partial charge < -0.3 is 34.7 Å². The Morgan fingerprint density at radius 1 is 1.07 bits per heavy atom. The van der Waals surface area contributed by atoms with E-state index in [9.17, 15) is 9.90 Å². The Labute approximate surface area is 266 Å². The summed E-state index contributed by atoms with van der Waals surface area (Å²) in [6.07, 6.45) is 1.02. The molecular weight excluding hydrogens is 599 g/mol. The molecule has 1 aliphatic rings. The molecule has 0 bridgehead atoms. The molecule has 10 nitrogen and oxygen atoms in total. The number of thiocarbonyl (C=S) groups is 1. The second-order valence-corrected chi connectivity index (χ2v) is 11.0. The van der Waals surface area contributed by atoms with Gasteiger partial charge in [-0.1, -0.05) is 29.8 Å². The van der Waals surface area contributed by atoms with E-state index in [-0.39, 0.29) is 29.8 Å². The SMILES string of the molecule is COc1cc2c(Oc3ccc(NC(=S)NC(=O)Cc4ccc(C)cc4)cc3F)ccnc2cc1OCC(O)CN1CCOCC1. The average Bonchev–Trinajstić information content (AvgIpc) is 3.02. The highest BCUT2D eigenvalue weighted by atomic mass is 32.1. The largest absolute Gasteiger partial charge is 0.493 e. The lowest BCUT2D eigenvalue weighted by atomic mass is 10.1. The van der Waals surface area contributed by atoms with Crippen molar-refractivity contribution in [3.05, 3.63) is 83.8 Å². The molecule has 45 heavy (non-hydrogen) atoms. The number of amides is 1. The predicted molar refractivity (Wildman–Crippen MR) is 173 cm³/mol. The van der Waals surface area contributed by atoms with Crippen LogP contribution in [0.3, 0.4) is 0 Å². The molecule has 4 aromatic rings. The first-order valence-corrected chi connectivity index (χ1v) is 14.9. The third-order valence-corrected chi connectivity index (χ3v) is 7.34. The van der Waals surface area contributed by atoms with Gasteiger partial charge in [0.2, 0.25) is 5.91 Å². The molecule has 1 unspecified atom stereocenters. The number of halogens is 1. The number of fused-ring (bicyclic) bond motifs is 1. The van der Waals surface area contributed by atoms with Gasteiger partial charge in [0.05, 0.1) is 32.3 Å². The highest BCUT2D eigenvalue weighted by molar-refractivity contribution is 7.80. The number of aliphatic hydroxyl groups is 1. The molecule has 236 valence electrons. The molecule has 2 heterocycles. The van der Waals surface area contributed by atoms with E-state index in [2.05, 4.69) is 20.5 Å². The van der Waals surface area contributed by atoms with Crippen LogP contribution in [0.1, 0.15) is 11.1 Å². The van der Waals surface area contributed by atoms with Crippen molar-refractivity contribution in [1.29, 1.82) is 0 Å². The van der Waals surface area contributed by atoms with Crippen molar-refractivity contribution in [3.8, 4) is 23.0 Å². The van der Waals surface area contributed by atoms with Crippen LogP contribution in [0.2, 0.25) is 0 Å². The first-order chi connectivity index (χ1) is 21.8. The Hall–Kier alpha value is -4.36. The minimum Gasteiger partial charge on any atom is -0.493 e. The Kier molecular flexibility index (Phi) is 10.7. The molecule has 1 aliphatic heterocycles. The molecule has 1 saturated heterocycles. The number of pyridine rings is 1. The van der Waals surface area contributed by atoms with E-state index in [1.54, 1.807) is 30.5 Å². The number of nitrogens with zero attached hydrogens (tertiary/aromatic N) is 2. The molecule has 1 amide bonds. The first-order valence-electron chi connectivity index (χ1n) is 14.5. The molecule has 1 atom stereocenters. The average molecular weight is 635 g/mol. The summed E-state index contributed by atoms with van der Waals surface area (Å²) < 4.78 is 37.9. The van der Waals surface area contributed by atoms with E-state index in [1.807, 2.05) is 31.2 Å². The maximum atomic E-state index is 15.1. The van der Waals surface area contributed by atoms with E-state index in [0.29, 0.717) is 53.6 Å². The number of hydrogen-bond acceptors (Lipinski definition) is 9. The van der Waals surface area contributed by atoms with Gasteiger partial charge in [0.1, 0.15) is 18.5 Å². The maximum absolute atomic E-state index is 15.1. The van der Waals surface area contributed by atoms with Crippen LogP contribution in [0, 0.1) is 12.7 Å². The van der Waals surface area contributed by atoms with Crippen LogP contribution in [0.4, 0.5) is 10.1 Å². The number of anilines is 1. The quantitative estimate of drug-likeness (QED) is 0.202. The van der Waals surface area contributed by atoms with Crippen molar-refractivity contribution in [2.45, 2.75) is 19.4 Å². The smallest absolute Gasteiger partial charge is 0.230 e. The number of methoxy groups -OCH3 is 1.